The minimum atomic E-state index is -1.27. The summed E-state index contributed by atoms with van der Waals surface area (Å²) >= 11 is 3.20. The third kappa shape index (κ3) is 4.77. The first-order valence-electron chi connectivity index (χ1n) is 8.72. The van der Waals surface area contributed by atoms with Crippen LogP contribution in [0.25, 0.3) is 0 Å². The number of nitrogen functional groups attached to an aromatic ring is 1. The fourth-order valence-electron chi connectivity index (χ4n) is 2.71. The summed E-state index contributed by atoms with van der Waals surface area (Å²) in [4.78, 5) is 47.8. The number of carbonyl (C=O) groups is 3. The van der Waals surface area contributed by atoms with Gasteiger partial charge in [-0.3, -0.25) is 14.5 Å². The van der Waals surface area contributed by atoms with Gasteiger partial charge in [-0.1, -0.05) is 29.6 Å². The van der Waals surface area contributed by atoms with Crippen LogP contribution in [0.3, 0.4) is 0 Å². The van der Waals surface area contributed by atoms with Crippen molar-refractivity contribution in [2.24, 2.45) is 5.16 Å². The molecule has 0 aliphatic carbocycles. The molecule has 1 aromatic rings. The zero-order valence-electron chi connectivity index (χ0n) is 16.1. The average Bonchev–Trinajstić information content (AvgIpc) is 3.20. The highest BCUT2D eigenvalue weighted by Crippen LogP contribution is 2.43. The van der Waals surface area contributed by atoms with Crippen LogP contribution in [0.4, 0.5) is 5.13 Å². The summed E-state index contributed by atoms with van der Waals surface area (Å²) in [5, 5.41) is 25.4. The fraction of sp³-hybridized carbons (Fsp3) is 0.235. The van der Waals surface area contributed by atoms with Crippen molar-refractivity contribution in [2.45, 2.75) is 11.4 Å². The number of carbonyl (C=O) groups excluding carboxylic acids is 2. The summed E-state index contributed by atoms with van der Waals surface area (Å²) in [6, 6.07) is 0.833. The Hall–Kier alpha value is -3.35. The van der Waals surface area contributed by atoms with Gasteiger partial charge in [-0.25, -0.2) is 4.79 Å². The SMILES string of the molecule is C=CCO/N=C(/C(=O)NC1C(=O)N2C(C(=O)O)=C(S/C=C\C#N)CSC12)c1nsc(N)n1. The molecule has 166 valence electrons. The number of thioether (sulfide) groups is 2. The number of nitriles is 1. The van der Waals surface area contributed by atoms with Gasteiger partial charge in [0.25, 0.3) is 11.8 Å². The predicted octanol–water partition coefficient (Wildman–Crippen LogP) is 0.494. The Morgan fingerprint density at radius 1 is 1.56 bits per heavy atom. The molecule has 2 aliphatic rings. The maximum atomic E-state index is 12.8. The second-order valence-corrected chi connectivity index (χ2v) is 8.86. The lowest BCUT2D eigenvalue weighted by Gasteiger charge is -2.49. The number of hydrogen-bond donors (Lipinski definition) is 3. The van der Waals surface area contributed by atoms with Crippen molar-refractivity contribution in [1.29, 1.82) is 5.26 Å². The molecular weight excluding hydrogens is 478 g/mol. The van der Waals surface area contributed by atoms with Crippen molar-refractivity contribution in [2.75, 3.05) is 18.1 Å². The molecule has 0 spiro atoms. The third-order valence-corrected chi connectivity index (χ3v) is 6.89. The average molecular weight is 494 g/mol. The summed E-state index contributed by atoms with van der Waals surface area (Å²) in [5.74, 6) is -2.42. The molecule has 2 amide bonds. The third-order valence-electron chi connectivity index (χ3n) is 3.99. The molecule has 0 radical (unpaired) electrons. The van der Waals surface area contributed by atoms with Crippen LogP contribution < -0.4 is 11.1 Å². The molecule has 4 N–H and O–H groups in total. The molecule has 32 heavy (non-hydrogen) atoms. The number of carboxylic acids is 1. The van der Waals surface area contributed by atoms with Gasteiger partial charge in [-0.05, 0) is 5.41 Å². The van der Waals surface area contributed by atoms with E-state index in [9.17, 15) is 19.5 Å². The number of oxime groups is 1. The molecular formula is C17H15N7O5S3. The zero-order valence-corrected chi connectivity index (χ0v) is 18.6. The minimum absolute atomic E-state index is 0.0263. The monoisotopic (exact) mass is 493 g/mol. The molecule has 12 nitrogen and oxygen atoms in total. The fourth-order valence-corrected chi connectivity index (χ4v) is 5.40. The topological polar surface area (TPSA) is 184 Å². The van der Waals surface area contributed by atoms with Crippen LogP contribution in [0, 0.1) is 11.3 Å². The van der Waals surface area contributed by atoms with Crippen LogP contribution in [0.1, 0.15) is 5.82 Å². The lowest BCUT2D eigenvalue weighted by molar-refractivity contribution is -0.150. The van der Waals surface area contributed by atoms with Crippen molar-refractivity contribution in [3.63, 3.8) is 0 Å². The van der Waals surface area contributed by atoms with Gasteiger partial charge in [0.15, 0.2) is 5.13 Å². The molecule has 2 atom stereocenters. The number of allylic oxidation sites excluding steroid dienone is 1. The molecule has 15 heteroatoms. The minimum Gasteiger partial charge on any atom is -0.477 e. The van der Waals surface area contributed by atoms with Gasteiger partial charge in [0.05, 0.1) is 6.07 Å². The highest BCUT2D eigenvalue weighted by Gasteiger charge is 2.54. The standard InChI is InChI=1S/C17H15N7O5S3/c1-2-5-29-22-9(12-21-17(19)32-23-12)13(25)20-10-14(26)24-11(16(27)28)8(7-31-15(10)24)30-6-3-4-18/h2-3,6,10,15H,1,5,7H2,(H,20,25)(H,27,28)(H2,19,21,23)/b6-3-,22-9+. The van der Waals surface area contributed by atoms with E-state index in [-0.39, 0.29) is 34.7 Å². The van der Waals surface area contributed by atoms with E-state index in [0.717, 1.165) is 28.2 Å². The normalized spacial score (nSPS) is 20.4. The Morgan fingerprint density at radius 2 is 2.34 bits per heavy atom. The highest BCUT2D eigenvalue weighted by atomic mass is 32.2. The highest BCUT2D eigenvalue weighted by molar-refractivity contribution is 8.08. The van der Waals surface area contributed by atoms with Gasteiger partial charge in [-0.2, -0.15) is 14.6 Å². The zero-order chi connectivity index (χ0) is 23.3. The molecule has 3 heterocycles. The number of carboxylic acid groups (broad SMARTS) is 1. The molecule has 1 fully saturated rings. The lowest BCUT2D eigenvalue weighted by Crippen LogP contribution is -2.71. The Bertz CT molecular complexity index is 1090. The van der Waals surface area contributed by atoms with Crippen LogP contribution in [-0.4, -0.2) is 66.6 Å². The molecule has 2 unspecified atom stereocenters. The van der Waals surface area contributed by atoms with Gasteiger partial charge < -0.3 is 21.0 Å². The smallest absolute Gasteiger partial charge is 0.353 e. The van der Waals surface area contributed by atoms with Gasteiger partial charge in [0, 0.05) is 28.3 Å². The van der Waals surface area contributed by atoms with E-state index in [1.54, 1.807) is 0 Å². The summed E-state index contributed by atoms with van der Waals surface area (Å²) in [5.41, 5.74) is 5.12. The maximum absolute atomic E-state index is 12.8. The number of amides is 2. The van der Waals surface area contributed by atoms with E-state index in [0.29, 0.717) is 4.91 Å². The van der Waals surface area contributed by atoms with E-state index >= 15 is 0 Å². The van der Waals surface area contributed by atoms with Crippen LogP contribution in [0.2, 0.25) is 0 Å². The number of hydrogen-bond acceptors (Lipinski definition) is 12. The Morgan fingerprint density at radius 3 is 2.97 bits per heavy atom. The second kappa shape index (κ2) is 10.3. The van der Waals surface area contributed by atoms with E-state index in [2.05, 4.69) is 26.4 Å². The van der Waals surface area contributed by atoms with Crippen LogP contribution in [0.5, 0.6) is 0 Å². The maximum Gasteiger partial charge on any atom is 0.353 e. The Kier molecular flexibility index (Phi) is 7.51. The van der Waals surface area contributed by atoms with Crippen molar-refractivity contribution in [3.05, 3.63) is 40.6 Å². The van der Waals surface area contributed by atoms with Crippen molar-refractivity contribution in [3.8, 4) is 6.07 Å². The molecule has 0 bridgehead atoms. The van der Waals surface area contributed by atoms with Crippen molar-refractivity contribution in [1.82, 2.24) is 19.6 Å². The number of aromatic nitrogens is 2. The summed E-state index contributed by atoms with van der Waals surface area (Å²) < 4.78 is 3.94. The summed E-state index contributed by atoms with van der Waals surface area (Å²) in [6.07, 6.45) is 2.64. The number of aliphatic carboxylic acids is 1. The number of β-lactam (4-membered cyclic amide) rings is 1. The van der Waals surface area contributed by atoms with Gasteiger partial charge in [0.1, 0.15) is 23.7 Å². The predicted molar refractivity (Wildman–Crippen MR) is 119 cm³/mol. The summed E-state index contributed by atoms with van der Waals surface area (Å²) in [7, 11) is 0. The summed E-state index contributed by atoms with van der Waals surface area (Å²) in [6.45, 7) is 3.51. The van der Waals surface area contributed by atoms with Crippen molar-refractivity contribution >= 4 is 63.7 Å². The number of anilines is 1. The first kappa shape index (κ1) is 23.3. The van der Waals surface area contributed by atoms with E-state index < -0.39 is 29.2 Å². The number of nitrogens with zero attached hydrogens (tertiary/aromatic N) is 5. The number of nitrogens with one attached hydrogen (secondary N) is 1. The van der Waals surface area contributed by atoms with E-state index in [4.69, 9.17) is 15.8 Å². The van der Waals surface area contributed by atoms with Crippen LogP contribution >= 0.6 is 35.1 Å². The first-order chi connectivity index (χ1) is 15.4. The quantitative estimate of drug-likeness (QED) is 0.109. The van der Waals surface area contributed by atoms with Gasteiger partial charge in [0.2, 0.25) is 11.5 Å². The number of rotatable bonds is 9. The number of fused-ring (bicyclic) bond motifs is 1. The molecule has 2 aliphatic heterocycles. The molecule has 1 saturated heterocycles. The van der Waals surface area contributed by atoms with Gasteiger partial charge in [-0.15, -0.1) is 11.8 Å². The van der Waals surface area contributed by atoms with Gasteiger partial charge >= 0.3 is 5.97 Å². The lowest BCUT2D eigenvalue weighted by atomic mass is 10.0. The molecule has 0 saturated carbocycles. The molecule has 1 aromatic heterocycles. The number of nitrogens with two attached hydrogens (primary N) is 1. The largest absolute Gasteiger partial charge is 0.477 e. The first-order valence-corrected chi connectivity index (χ1v) is 11.4. The van der Waals surface area contributed by atoms with E-state index in [1.165, 1.54) is 29.3 Å². The Labute approximate surface area is 194 Å². The molecule has 0 aromatic carbocycles. The second-order valence-electron chi connectivity index (χ2n) is 5.97. The van der Waals surface area contributed by atoms with Crippen LogP contribution in [-0.2, 0) is 19.2 Å². The van der Waals surface area contributed by atoms with Crippen LogP contribution in [0.15, 0.2) is 39.9 Å². The Balaban J connectivity index is 1.79. The van der Waals surface area contributed by atoms with Crippen molar-refractivity contribution < 1.29 is 24.3 Å². The van der Waals surface area contributed by atoms with E-state index in [1.807, 2.05) is 6.07 Å². The molecule has 3 rings (SSSR count).